The van der Waals surface area contributed by atoms with Crippen molar-refractivity contribution in [2.24, 2.45) is 0 Å². The molecule has 106 valence electrons. The number of amides is 1. The molecule has 6 heteroatoms. The lowest BCUT2D eigenvalue weighted by molar-refractivity contribution is -0.121. The van der Waals surface area contributed by atoms with Crippen molar-refractivity contribution in [2.75, 3.05) is 0 Å². The van der Waals surface area contributed by atoms with Gasteiger partial charge < -0.3 is 15.0 Å². The summed E-state index contributed by atoms with van der Waals surface area (Å²) in [6.45, 7) is 4.57. The third-order valence-corrected chi connectivity index (χ3v) is 4.19. The van der Waals surface area contributed by atoms with E-state index < -0.39 is 5.97 Å². The Morgan fingerprint density at radius 3 is 2.75 bits per heavy atom. The van der Waals surface area contributed by atoms with Crippen LogP contribution in [0.15, 0.2) is 24.4 Å². The summed E-state index contributed by atoms with van der Waals surface area (Å²) >= 11 is 1.66. The third-order valence-electron chi connectivity index (χ3n) is 3.04. The van der Waals surface area contributed by atoms with Gasteiger partial charge in [-0.25, -0.2) is 4.79 Å². The normalized spacial score (nSPS) is 10.5. The molecule has 0 unspecified atom stereocenters. The van der Waals surface area contributed by atoms with E-state index in [0.717, 1.165) is 4.88 Å². The van der Waals surface area contributed by atoms with E-state index in [-0.39, 0.29) is 18.1 Å². The zero-order valence-corrected chi connectivity index (χ0v) is 12.2. The third kappa shape index (κ3) is 3.27. The number of carboxylic acid groups (broad SMARTS) is 1. The van der Waals surface area contributed by atoms with E-state index in [1.54, 1.807) is 23.6 Å². The Morgan fingerprint density at radius 2 is 2.15 bits per heavy atom. The number of nitrogens with one attached hydrogen (secondary N) is 1. The molecule has 0 aliphatic heterocycles. The largest absolute Gasteiger partial charge is 0.477 e. The van der Waals surface area contributed by atoms with Gasteiger partial charge in [0.25, 0.3) is 0 Å². The standard InChI is InChI=1S/C14H16N2O3S/c1-9-6-11(20-10(9)2)7-15-13(17)8-16-5-3-4-12(16)14(18)19/h3-6H,7-8H2,1-2H3,(H,15,17)(H,18,19). The van der Waals surface area contributed by atoms with Crippen LogP contribution >= 0.6 is 11.3 Å². The number of thiophene rings is 1. The van der Waals surface area contributed by atoms with E-state index in [1.165, 1.54) is 21.1 Å². The summed E-state index contributed by atoms with van der Waals surface area (Å²) in [4.78, 5) is 25.1. The van der Waals surface area contributed by atoms with Crippen LogP contribution in [-0.2, 0) is 17.9 Å². The molecule has 2 heterocycles. The first kappa shape index (κ1) is 14.3. The van der Waals surface area contributed by atoms with Crippen LogP contribution in [0.25, 0.3) is 0 Å². The van der Waals surface area contributed by atoms with E-state index in [2.05, 4.69) is 11.4 Å². The van der Waals surface area contributed by atoms with Gasteiger partial charge in [-0.15, -0.1) is 11.3 Å². The first-order valence-electron chi connectivity index (χ1n) is 6.18. The van der Waals surface area contributed by atoms with Crippen molar-refractivity contribution in [1.82, 2.24) is 9.88 Å². The second kappa shape index (κ2) is 5.92. The number of aryl methyl sites for hydroxylation is 2. The molecule has 2 rings (SSSR count). The smallest absolute Gasteiger partial charge is 0.352 e. The molecular weight excluding hydrogens is 276 g/mol. The maximum absolute atomic E-state index is 11.8. The van der Waals surface area contributed by atoms with E-state index in [4.69, 9.17) is 5.11 Å². The highest BCUT2D eigenvalue weighted by atomic mass is 32.1. The second-order valence-electron chi connectivity index (χ2n) is 4.56. The van der Waals surface area contributed by atoms with Crippen LogP contribution in [0.4, 0.5) is 0 Å². The van der Waals surface area contributed by atoms with E-state index in [9.17, 15) is 9.59 Å². The van der Waals surface area contributed by atoms with Crippen molar-refractivity contribution in [3.8, 4) is 0 Å². The van der Waals surface area contributed by atoms with Crippen molar-refractivity contribution < 1.29 is 14.7 Å². The predicted octanol–water partition coefficient (Wildman–Crippen LogP) is 2.18. The van der Waals surface area contributed by atoms with Crippen LogP contribution in [-0.4, -0.2) is 21.6 Å². The molecule has 2 aromatic rings. The van der Waals surface area contributed by atoms with Gasteiger partial charge in [0.05, 0.1) is 6.54 Å². The van der Waals surface area contributed by atoms with E-state index in [1.807, 2.05) is 13.8 Å². The molecule has 0 saturated heterocycles. The average Bonchev–Trinajstić information content (AvgIpc) is 2.95. The fourth-order valence-electron chi connectivity index (χ4n) is 1.88. The zero-order chi connectivity index (χ0) is 14.7. The van der Waals surface area contributed by atoms with Gasteiger partial charge in [-0.2, -0.15) is 0 Å². The molecule has 0 atom stereocenters. The summed E-state index contributed by atoms with van der Waals surface area (Å²) in [6.07, 6.45) is 1.59. The lowest BCUT2D eigenvalue weighted by Gasteiger charge is -2.07. The number of aromatic nitrogens is 1. The summed E-state index contributed by atoms with van der Waals surface area (Å²) in [5.74, 6) is -1.24. The maximum Gasteiger partial charge on any atom is 0.352 e. The lowest BCUT2D eigenvalue weighted by Crippen LogP contribution is -2.27. The molecule has 2 N–H and O–H groups in total. The minimum atomic E-state index is -1.03. The molecule has 0 aliphatic rings. The first-order valence-corrected chi connectivity index (χ1v) is 7.00. The second-order valence-corrected chi connectivity index (χ2v) is 5.90. The number of aromatic carboxylic acids is 1. The highest BCUT2D eigenvalue weighted by Gasteiger charge is 2.11. The van der Waals surface area contributed by atoms with Gasteiger partial charge in [0.1, 0.15) is 12.2 Å². The Balaban J connectivity index is 1.92. The summed E-state index contributed by atoms with van der Waals surface area (Å²) in [6, 6.07) is 5.14. The Morgan fingerprint density at radius 1 is 1.40 bits per heavy atom. The fourth-order valence-corrected chi connectivity index (χ4v) is 2.87. The van der Waals surface area contributed by atoms with Crippen LogP contribution in [0.2, 0.25) is 0 Å². The number of hydrogen-bond acceptors (Lipinski definition) is 3. The van der Waals surface area contributed by atoms with Gasteiger partial charge in [0.2, 0.25) is 5.91 Å². The zero-order valence-electron chi connectivity index (χ0n) is 11.3. The number of rotatable bonds is 5. The van der Waals surface area contributed by atoms with Crippen LogP contribution < -0.4 is 5.32 Å². The number of carbonyl (C=O) groups is 2. The number of nitrogens with zero attached hydrogens (tertiary/aromatic N) is 1. The minimum absolute atomic E-state index is 0.0119. The van der Waals surface area contributed by atoms with Crippen LogP contribution in [0.5, 0.6) is 0 Å². The molecule has 0 fully saturated rings. The molecule has 1 amide bonds. The number of hydrogen-bond donors (Lipinski definition) is 2. The molecule has 0 aromatic carbocycles. The van der Waals surface area contributed by atoms with Crippen molar-refractivity contribution >= 4 is 23.2 Å². The van der Waals surface area contributed by atoms with Gasteiger partial charge >= 0.3 is 5.97 Å². The highest BCUT2D eigenvalue weighted by molar-refractivity contribution is 7.12. The summed E-state index contributed by atoms with van der Waals surface area (Å²) in [5.41, 5.74) is 1.33. The fraction of sp³-hybridized carbons (Fsp3) is 0.286. The van der Waals surface area contributed by atoms with Crippen molar-refractivity contribution in [3.63, 3.8) is 0 Å². The Bertz CT molecular complexity index is 623. The quantitative estimate of drug-likeness (QED) is 0.887. The minimum Gasteiger partial charge on any atom is -0.477 e. The van der Waals surface area contributed by atoms with Gasteiger partial charge in [-0.1, -0.05) is 0 Å². The molecule has 5 nitrogen and oxygen atoms in total. The molecule has 0 bridgehead atoms. The van der Waals surface area contributed by atoms with Gasteiger partial charge in [-0.3, -0.25) is 4.79 Å². The molecule has 0 aliphatic carbocycles. The molecule has 20 heavy (non-hydrogen) atoms. The van der Waals surface area contributed by atoms with Gasteiger partial charge in [0, 0.05) is 16.0 Å². The SMILES string of the molecule is Cc1cc(CNC(=O)Cn2cccc2C(=O)O)sc1C. The lowest BCUT2D eigenvalue weighted by atomic mass is 10.3. The van der Waals surface area contributed by atoms with Crippen LogP contribution in [0.3, 0.4) is 0 Å². The number of carbonyl (C=O) groups excluding carboxylic acids is 1. The maximum atomic E-state index is 11.8. The summed E-state index contributed by atoms with van der Waals surface area (Å²) in [7, 11) is 0. The van der Waals surface area contributed by atoms with Gasteiger partial charge in [0.15, 0.2) is 0 Å². The summed E-state index contributed by atoms with van der Waals surface area (Å²) in [5, 5.41) is 11.8. The van der Waals surface area contributed by atoms with Crippen LogP contribution in [0.1, 0.15) is 25.8 Å². The molecule has 0 radical (unpaired) electrons. The van der Waals surface area contributed by atoms with Crippen molar-refractivity contribution in [2.45, 2.75) is 26.9 Å². The van der Waals surface area contributed by atoms with E-state index in [0.29, 0.717) is 6.54 Å². The van der Waals surface area contributed by atoms with Crippen molar-refractivity contribution in [3.05, 3.63) is 45.4 Å². The van der Waals surface area contributed by atoms with Gasteiger partial charge in [-0.05, 0) is 37.6 Å². The topological polar surface area (TPSA) is 71.3 Å². The molecular formula is C14H16N2O3S. The van der Waals surface area contributed by atoms with Crippen molar-refractivity contribution in [1.29, 1.82) is 0 Å². The van der Waals surface area contributed by atoms with Crippen LogP contribution in [0, 0.1) is 13.8 Å². The highest BCUT2D eigenvalue weighted by Crippen LogP contribution is 2.20. The molecule has 2 aromatic heterocycles. The first-order chi connectivity index (χ1) is 9.47. The summed E-state index contributed by atoms with van der Waals surface area (Å²) < 4.78 is 1.42. The Hall–Kier alpha value is -2.08. The Kier molecular flexibility index (Phi) is 4.24. The number of carboxylic acids is 1. The molecule has 0 saturated carbocycles. The van der Waals surface area contributed by atoms with E-state index >= 15 is 0 Å². The predicted molar refractivity (Wildman–Crippen MR) is 77.0 cm³/mol. The monoisotopic (exact) mass is 292 g/mol. The Labute approximate surface area is 120 Å². The average molecular weight is 292 g/mol. The molecule has 0 spiro atoms.